The number of aromatic nitrogens is 5. The summed E-state index contributed by atoms with van der Waals surface area (Å²) in [6, 6.07) is 3.17. The largest absolute Gasteiger partial charge is 0.389 e. The highest BCUT2D eigenvalue weighted by molar-refractivity contribution is 5.88. The van der Waals surface area contributed by atoms with Gasteiger partial charge in [0, 0.05) is 26.2 Å². The summed E-state index contributed by atoms with van der Waals surface area (Å²) >= 11 is 0. The van der Waals surface area contributed by atoms with Crippen LogP contribution in [0.1, 0.15) is 24.0 Å². The molecule has 1 amide bonds. The minimum Gasteiger partial charge on any atom is -0.389 e. The third-order valence-electron chi connectivity index (χ3n) is 6.21. The van der Waals surface area contributed by atoms with Gasteiger partial charge in [0.2, 0.25) is 11.7 Å². The summed E-state index contributed by atoms with van der Waals surface area (Å²) in [6.45, 7) is 0. The molecule has 2 fully saturated rings. The molecule has 3 aromatic rings. The molecule has 0 spiro atoms. The van der Waals surface area contributed by atoms with Crippen molar-refractivity contribution < 1.29 is 15.0 Å². The fourth-order valence-corrected chi connectivity index (χ4v) is 4.68. The van der Waals surface area contributed by atoms with E-state index in [1.807, 2.05) is 12.1 Å². The Morgan fingerprint density at radius 1 is 1.33 bits per heavy atom. The number of hydrogen-bond acceptors (Lipinski definition) is 7. The summed E-state index contributed by atoms with van der Waals surface area (Å²) in [7, 11) is 3.27. The minimum atomic E-state index is -1.15. The second-order valence-electron chi connectivity index (χ2n) is 7.66. The van der Waals surface area contributed by atoms with Crippen molar-refractivity contribution in [1.82, 2.24) is 29.8 Å². The first kappa shape index (κ1) is 18.6. The molecule has 0 bridgehead atoms. The number of amides is 1. The second-order valence-corrected chi connectivity index (χ2v) is 7.66. The zero-order chi connectivity index (χ0) is 21.0. The molecule has 2 aliphatic rings. The first-order valence-electron chi connectivity index (χ1n) is 9.67. The van der Waals surface area contributed by atoms with Gasteiger partial charge >= 0.3 is 0 Å². The van der Waals surface area contributed by atoms with Crippen LogP contribution in [0.25, 0.3) is 11.2 Å². The number of hydrogen-bond donors (Lipinski definition) is 5. The molecule has 3 heterocycles. The van der Waals surface area contributed by atoms with Gasteiger partial charge in [-0.3, -0.25) is 4.79 Å². The Kier molecular flexibility index (Phi) is 4.06. The van der Waals surface area contributed by atoms with Crippen LogP contribution >= 0.6 is 0 Å². The van der Waals surface area contributed by atoms with E-state index in [-0.39, 0.29) is 11.8 Å². The van der Waals surface area contributed by atoms with Crippen LogP contribution in [0.2, 0.25) is 0 Å². The quantitative estimate of drug-likeness (QED) is 0.373. The highest BCUT2D eigenvalue weighted by Crippen LogP contribution is 2.67. The van der Waals surface area contributed by atoms with E-state index < -0.39 is 23.7 Å². The number of rotatable bonds is 3. The Hall–Kier alpha value is -3.42. The van der Waals surface area contributed by atoms with E-state index in [1.54, 1.807) is 24.1 Å². The topological polar surface area (TPSA) is 141 Å². The molecule has 5 N–H and O–H groups in total. The summed E-state index contributed by atoms with van der Waals surface area (Å²) in [5, 5.41) is 27.0. The zero-order valence-electron chi connectivity index (χ0n) is 16.4. The van der Waals surface area contributed by atoms with Crippen molar-refractivity contribution in [2.24, 2.45) is 11.3 Å². The number of carbonyl (C=O) groups excluding carboxylic acids is 1. The molecule has 0 unspecified atom stereocenters. The molecular formula is C20H21N7O3. The van der Waals surface area contributed by atoms with Gasteiger partial charge in [-0.2, -0.15) is 0 Å². The SMILES string of the molecule is CNC(=O)[C@@]12C[C@@H]1[C@@H](n1cnc3c(NC)nc(C#Cc4ccc[nH]4)nc31)[C@H](O)[C@@H]2O. The van der Waals surface area contributed by atoms with Crippen LogP contribution in [-0.2, 0) is 4.79 Å². The van der Waals surface area contributed by atoms with Gasteiger partial charge in [0.1, 0.15) is 6.10 Å². The number of fused-ring (bicyclic) bond motifs is 2. The zero-order valence-corrected chi connectivity index (χ0v) is 16.4. The molecule has 5 atom stereocenters. The third-order valence-corrected chi connectivity index (χ3v) is 6.21. The van der Waals surface area contributed by atoms with E-state index >= 15 is 0 Å². The van der Waals surface area contributed by atoms with E-state index in [9.17, 15) is 15.0 Å². The highest BCUT2D eigenvalue weighted by atomic mass is 16.3. The number of imidazole rings is 1. The molecular weight excluding hydrogens is 386 g/mol. The lowest BCUT2D eigenvalue weighted by atomic mass is 9.98. The molecule has 3 aromatic heterocycles. The number of aromatic amines is 1. The lowest BCUT2D eigenvalue weighted by Gasteiger charge is -2.23. The number of aliphatic hydroxyl groups excluding tert-OH is 2. The van der Waals surface area contributed by atoms with Gasteiger partial charge in [-0.1, -0.05) is 0 Å². The first-order valence-corrected chi connectivity index (χ1v) is 9.67. The van der Waals surface area contributed by atoms with Crippen molar-refractivity contribution in [3.63, 3.8) is 0 Å². The predicted molar refractivity (Wildman–Crippen MR) is 107 cm³/mol. The second kappa shape index (κ2) is 6.55. The average molecular weight is 407 g/mol. The van der Waals surface area contributed by atoms with E-state index in [0.29, 0.717) is 29.2 Å². The van der Waals surface area contributed by atoms with Gasteiger partial charge in [0.05, 0.1) is 29.6 Å². The molecule has 0 aromatic carbocycles. The van der Waals surface area contributed by atoms with Crippen LogP contribution in [0.15, 0.2) is 24.7 Å². The van der Waals surface area contributed by atoms with Crippen molar-refractivity contribution in [2.45, 2.75) is 24.7 Å². The molecule has 10 heteroatoms. The molecule has 154 valence electrons. The van der Waals surface area contributed by atoms with Crippen molar-refractivity contribution in [2.75, 3.05) is 19.4 Å². The summed E-state index contributed by atoms with van der Waals surface area (Å²) in [5.41, 5.74) is 0.787. The molecule has 0 radical (unpaired) electrons. The van der Waals surface area contributed by atoms with Gasteiger partial charge in [-0.05, 0) is 30.4 Å². The van der Waals surface area contributed by atoms with Crippen molar-refractivity contribution in [3.05, 3.63) is 36.2 Å². The Morgan fingerprint density at radius 2 is 2.17 bits per heavy atom. The lowest BCUT2D eigenvalue weighted by molar-refractivity contribution is -0.132. The van der Waals surface area contributed by atoms with Crippen LogP contribution in [0.5, 0.6) is 0 Å². The maximum Gasteiger partial charge on any atom is 0.229 e. The molecule has 0 aliphatic heterocycles. The smallest absolute Gasteiger partial charge is 0.229 e. The maximum atomic E-state index is 12.4. The summed E-state index contributed by atoms with van der Waals surface area (Å²) in [4.78, 5) is 28.8. The molecule has 2 saturated carbocycles. The molecule has 5 rings (SSSR count). The van der Waals surface area contributed by atoms with E-state index in [2.05, 4.69) is 42.4 Å². The normalized spacial score (nSPS) is 29.2. The van der Waals surface area contributed by atoms with Crippen LogP contribution in [0.4, 0.5) is 5.82 Å². The van der Waals surface area contributed by atoms with Crippen molar-refractivity contribution >= 4 is 22.9 Å². The van der Waals surface area contributed by atoms with Crippen LogP contribution in [0.3, 0.4) is 0 Å². The fraction of sp³-hybridized carbons (Fsp3) is 0.400. The van der Waals surface area contributed by atoms with Gasteiger partial charge in [0.15, 0.2) is 17.0 Å². The first-order chi connectivity index (χ1) is 14.5. The molecule has 2 aliphatic carbocycles. The Labute approximate surface area is 171 Å². The Morgan fingerprint density at radius 3 is 2.87 bits per heavy atom. The fourth-order valence-electron chi connectivity index (χ4n) is 4.68. The van der Waals surface area contributed by atoms with Gasteiger partial charge in [0.25, 0.3) is 0 Å². The van der Waals surface area contributed by atoms with Crippen LogP contribution < -0.4 is 10.6 Å². The number of aliphatic hydroxyl groups is 2. The van der Waals surface area contributed by atoms with Gasteiger partial charge < -0.3 is 30.4 Å². The minimum absolute atomic E-state index is 0.207. The highest BCUT2D eigenvalue weighted by Gasteiger charge is 2.75. The Balaban J connectivity index is 1.59. The molecule has 0 saturated heterocycles. The van der Waals surface area contributed by atoms with Crippen molar-refractivity contribution in [1.29, 1.82) is 0 Å². The summed E-state index contributed by atoms with van der Waals surface area (Å²) in [5.74, 6) is 6.25. The maximum absolute atomic E-state index is 12.4. The number of nitrogens with zero attached hydrogens (tertiary/aromatic N) is 4. The number of H-pyrrole nitrogens is 1. The summed E-state index contributed by atoms with van der Waals surface area (Å²) in [6.07, 6.45) is 1.59. The summed E-state index contributed by atoms with van der Waals surface area (Å²) < 4.78 is 1.73. The molecule has 10 nitrogen and oxygen atoms in total. The average Bonchev–Trinajstić information content (AvgIpc) is 3.06. The van der Waals surface area contributed by atoms with E-state index in [0.717, 1.165) is 5.69 Å². The van der Waals surface area contributed by atoms with Gasteiger partial charge in [-0.15, -0.1) is 0 Å². The van der Waals surface area contributed by atoms with Gasteiger partial charge in [-0.25, -0.2) is 15.0 Å². The molecule has 30 heavy (non-hydrogen) atoms. The monoisotopic (exact) mass is 407 g/mol. The Bertz CT molecular complexity index is 1190. The third kappa shape index (κ3) is 2.46. The standard InChI is InChI=1S/C20H21N7O3/c1-21-17-13-18(26-12(25-17)6-5-10-4-3-7-23-10)27(9-24-13)14-11-8-20(11,19(30)22-2)16(29)15(14)28/h3-4,7,9,11,14-16,23,28-29H,8H2,1-2H3,(H,22,30)(H,21,25,26)/t11-,14-,15+,16+,20+/m1/s1. The predicted octanol–water partition coefficient (Wildman–Crippen LogP) is -0.375. The van der Waals surface area contributed by atoms with Crippen molar-refractivity contribution in [3.8, 4) is 11.8 Å². The van der Waals surface area contributed by atoms with Crippen LogP contribution in [0, 0.1) is 23.2 Å². The number of nitrogens with one attached hydrogen (secondary N) is 3. The van der Waals surface area contributed by atoms with E-state index in [4.69, 9.17) is 0 Å². The number of anilines is 1. The lowest BCUT2D eigenvalue weighted by Crippen LogP contribution is -2.41. The number of carbonyl (C=O) groups is 1. The van der Waals surface area contributed by atoms with Crippen LogP contribution in [-0.4, -0.2) is 66.9 Å². The van der Waals surface area contributed by atoms with E-state index in [1.165, 1.54) is 7.05 Å².